The standard InChI is InChI=1S/C8H3F5S.C2H6/c9-4-1-2-5-6(3-4)14-8(12,13)7(5,10)11;1-2/h1-3H;1-2H3. The molecule has 0 spiro atoms. The molecule has 0 amide bonds. The summed E-state index contributed by atoms with van der Waals surface area (Å²) in [6.07, 6.45) is 0. The average molecular weight is 256 g/mol. The van der Waals surface area contributed by atoms with Gasteiger partial charge in [-0.3, -0.25) is 0 Å². The molecule has 0 nitrogen and oxygen atoms in total. The minimum Gasteiger partial charge on any atom is -0.207 e. The third kappa shape index (κ3) is 1.90. The molecule has 0 saturated heterocycles. The Bertz CT molecular complexity index is 389. The van der Waals surface area contributed by atoms with Crippen molar-refractivity contribution in [2.24, 2.45) is 0 Å². The first-order chi connectivity index (χ1) is 7.34. The molecule has 0 atom stereocenters. The van der Waals surface area contributed by atoms with Gasteiger partial charge in [0, 0.05) is 10.5 Å². The molecule has 1 heterocycles. The third-order valence-electron chi connectivity index (χ3n) is 1.89. The summed E-state index contributed by atoms with van der Waals surface area (Å²) < 4.78 is 63.9. The highest BCUT2D eigenvalue weighted by molar-refractivity contribution is 8.00. The van der Waals surface area contributed by atoms with Gasteiger partial charge in [0.15, 0.2) is 0 Å². The highest BCUT2D eigenvalue weighted by atomic mass is 32.2. The summed E-state index contributed by atoms with van der Waals surface area (Å²) in [5.74, 6) is -5.02. The largest absolute Gasteiger partial charge is 0.364 e. The Morgan fingerprint density at radius 3 is 2.19 bits per heavy atom. The van der Waals surface area contributed by atoms with Gasteiger partial charge in [-0.05, 0) is 30.0 Å². The molecule has 2 rings (SSSR count). The van der Waals surface area contributed by atoms with Crippen molar-refractivity contribution in [3.05, 3.63) is 29.6 Å². The number of alkyl halides is 4. The van der Waals surface area contributed by atoms with Crippen molar-refractivity contribution in [1.82, 2.24) is 0 Å². The molecular formula is C10H9F5S. The predicted octanol–water partition coefficient (Wildman–Crippen LogP) is 4.64. The molecule has 1 aliphatic rings. The second kappa shape index (κ2) is 4.24. The van der Waals surface area contributed by atoms with E-state index in [2.05, 4.69) is 0 Å². The second-order valence-corrected chi connectivity index (χ2v) is 3.99. The van der Waals surface area contributed by atoms with Crippen LogP contribution < -0.4 is 0 Å². The first kappa shape index (κ1) is 13.3. The van der Waals surface area contributed by atoms with E-state index in [0.717, 1.165) is 6.07 Å². The Labute approximate surface area is 93.8 Å². The highest BCUT2D eigenvalue weighted by Gasteiger charge is 2.64. The van der Waals surface area contributed by atoms with Crippen LogP contribution in [0, 0.1) is 5.82 Å². The minimum atomic E-state index is -4.22. The molecule has 6 heteroatoms. The van der Waals surface area contributed by atoms with Crippen LogP contribution in [-0.4, -0.2) is 5.25 Å². The van der Waals surface area contributed by atoms with E-state index in [9.17, 15) is 22.0 Å². The molecule has 0 aliphatic carbocycles. The summed E-state index contributed by atoms with van der Waals surface area (Å²) >= 11 is -0.309. The van der Waals surface area contributed by atoms with Crippen molar-refractivity contribution in [3.8, 4) is 0 Å². The Balaban J connectivity index is 0.000000606. The van der Waals surface area contributed by atoms with Gasteiger partial charge in [0.05, 0.1) is 0 Å². The van der Waals surface area contributed by atoms with E-state index >= 15 is 0 Å². The van der Waals surface area contributed by atoms with E-state index < -0.39 is 27.5 Å². The summed E-state index contributed by atoms with van der Waals surface area (Å²) in [6, 6.07) is 2.13. The molecule has 16 heavy (non-hydrogen) atoms. The van der Waals surface area contributed by atoms with Gasteiger partial charge >= 0.3 is 11.2 Å². The summed E-state index contributed by atoms with van der Waals surface area (Å²) in [4.78, 5) is -0.403. The lowest BCUT2D eigenvalue weighted by Crippen LogP contribution is -2.29. The topological polar surface area (TPSA) is 0 Å². The maximum Gasteiger partial charge on any atom is 0.364 e. The summed E-state index contributed by atoms with van der Waals surface area (Å²) in [5.41, 5.74) is -0.811. The number of halogens is 5. The van der Waals surface area contributed by atoms with Gasteiger partial charge in [-0.2, -0.15) is 17.6 Å². The van der Waals surface area contributed by atoms with E-state index in [0.29, 0.717) is 12.1 Å². The van der Waals surface area contributed by atoms with Crippen molar-refractivity contribution in [1.29, 1.82) is 0 Å². The minimum absolute atomic E-state index is 0.309. The van der Waals surface area contributed by atoms with Crippen molar-refractivity contribution in [2.75, 3.05) is 0 Å². The van der Waals surface area contributed by atoms with Crippen LogP contribution >= 0.6 is 11.8 Å². The summed E-state index contributed by atoms with van der Waals surface area (Å²) in [7, 11) is 0. The van der Waals surface area contributed by atoms with Gasteiger partial charge in [-0.15, -0.1) is 0 Å². The van der Waals surface area contributed by atoms with Crippen molar-refractivity contribution in [2.45, 2.75) is 29.9 Å². The Kier molecular flexibility index (Phi) is 3.52. The second-order valence-electron chi connectivity index (χ2n) is 2.83. The maximum absolute atomic E-state index is 13.0. The van der Waals surface area contributed by atoms with Crippen LogP contribution in [0.25, 0.3) is 0 Å². The number of fused-ring (bicyclic) bond motifs is 1. The zero-order valence-corrected chi connectivity index (χ0v) is 9.35. The number of hydrogen-bond donors (Lipinski definition) is 0. The highest BCUT2D eigenvalue weighted by Crippen LogP contribution is 2.60. The summed E-state index contributed by atoms with van der Waals surface area (Å²) in [5, 5.41) is -4.19. The van der Waals surface area contributed by atoms with Crippen LogP contribution in [0.5, 0.6) is 0 Å². The molecule has 0 saturated carbocycles. The molecule has 0 bridgehead atoms. The Hall–Kier alpha value is -0.780. The first-order valence-corrected chi connectivity index (χ1v) is 5.41. The predicted molar refractivity (Wildman–Crippen MR) is 52.4 cm³/mol. The quantitative estimate of drug-likeness (QED) is 0.609. The molecule has 1 aromatic rings. The van der Waals surface area contributed by atoms with Gasteiger partial charge in [0.2, 0.25) is 0 Å². The van der Waals surface area contributed by atoms with Crippen molar-refractivity contribution in [3.63, 3.8) is 0 Å². The van der Waals surface area contributed by atoms with Gasteiger partial charge in [0.25, 0.3) is 0 Å². The summed E-state index contributed by atoms with van der Waals surface area (Å²) in [6.45, 7) is 4.00. The van der Waals surface area contributed by atoms with E-state index in [1.165, 1.54) is 0 Å². The molecule has 1 aliphatic heterocycles. The van der Waals surface area contributed by atoms with E-state index in [4.69, 9.17) is 0 Å². The molecule has 0 aromatic heterocycles. The smallest absolute Gasteiger partial charge is 0.207 e. The van der Waals surface area contributed by atoms with Gasteiger partial charge in [0.1, 0.15) is 5.82 Å². The van der Waals surface area contributed by atoms with Crippen LogP contribution in [-0.2, 0) is 5.92 Å². The fraction of sp³-hybridized carbons (Fsp3) is 0.400. The maximum atomic E-state index is 13.0. The van der Waals surface area contributed by atoms with Crippen molar-refractivity contribution >= 4 is 11.8 Å². The number of hydrogen-bond acceptors (Lipinski definition) is 1. The lowest BCUT2D eigenvalue weighted by molar-refractivity contribution is -0.154. The lowest BCUT2D eigenvalue weighted by Gasteiger charge is -2.17. The molecule has 0 N–H and O–H groups in total. The third-order valence-corrected chi connectivity index (χ3v) is 2.96. The van der Waals surface area contributed by atoms with Crippen LogP contribution in [0.15, 0.2) is 23.1 Å². The first-order valence-electron chi connectivity index (χ1n) is 4.59. The van der Waals surface area contributed by atoms with Gasteiger partial charge < -0.3 is 0 Å². The van der Waals surface area contributed by atoms with Crippen LogP contribution in [0.3, 0.4) is 0 Å². The molecule has 0 fully saturated rings. The van der Waals surface area contributed by atoms with Crippen LogP contribution in [0.4, 0.5) is 22.0 Å². The van der Waals surface area contributed by atoms with E-state index in [1.807, 2.05) is 13.8 Å². The average Bonchev–Trinajstić information content (AvgIpc) is 2.36. The van der Waals surface area contributed by atoms with Gasteiger partial charge in [-0.1, -0.05) is 13.8 Å². The monoisotopic (exact) mass is 256 g/mol. The Morgan fingerprint density at radius 2 is 1.62 bits per heavy atom. The van der Waals surface area contributed by atoms with Gasteiger partial charge in [-0.25, -0.2) is 4.39 Å². The molecule has 90 valence electrons. The van der Waals surface area contributed by atoms with E-state index in [-0.39, 0.29) is 11.8 Å². The SMILES string of the molecule is CC.Fc1ccc2c(c1)SC(F)(F)C2(F)F. The fourth-order valence-corrected chi connectivity index (χ4v) is 2.19. The normalized spacial score (nSPS) is 19.7. The number of benzene rings is 1. The zero-order valence-electron chi connectivity index (χ0n) is 8.53. The van der Waals surface area contributed by atoms with Crippen molar-refractivity contribution < 1.29 is 22.0 Å². The van der Waals surface area contributed by atoms with E-state index in [1.54, 1.807) is 0 Å². The Morgan fingerprint density at radius 1 is 1.06 bits per heavy atom. The molecular weight excluding hydrogens is 247 g/mol. The van der Waals surface area contributed by atoms with Crippen LogP contribution in [0.1, 0.15) is 19.4 Å². The van der Waals surface area contributed by atoms with Crippen LogP contribution in [0.2, 0.25) is 0 Å². The zero-order chi connectivity index (χ0) is 12.6. The fourth-order valence-electron chi connectivity index (χ4n) is 1.20. The molecule has 1 aromatic carbocycles. The lowest BCUT2D eigenvalue weighted by atomic mass is 10.1. The number of thioether (sulfide) groups is 1. The molecule has 0 radical (unpaired) electrons. The molecule has 0 unspecified atom stereocenters. The number of rotatable bonds is 0.